The summed E-state index contributed by atoms with van der Waals surface area (Å²) >= 11 is 3.44. The Labute approximate surface area is 161 Å². The number of halogens is 1. The summed E-state index contributed by atoms with van der Waals surface area (Å²) in [7, 11) is 0. The zero-order valence-electron chi connectivity index (χ0n) is 15.0. The van der Waals surface area contributed by atoms with Crippen molar-refractivity contribution in [1.29, 1.82) is 0 Å². The molecule has 0 saturated heterocycles. The zero-order chi connectivity index (χ0) is 19.1. The van der Waals surface area contributed by atoms with Gasteiger partial charge in [0.15, 0.2) is 6.61 Å². The first-order chi connectivity index (χ1) is 12.4. The van der Waals surface area contributed by atoms with E-state index >= 15 is 0 Å². The number of hydrogen-bond donors (Lipinski definition) is 1. The Kier molecular flexibility index (Phi) is 7.21. The van der Waals surface area contributed by atoms with Gasteiger partial charge >= 0.3 is 5.97 Å². The second-order valence-corrected chi connectivity index (χ2v) is 6.84. The quantitative estimate of drug-likeness (QED) is 0.666. The number of nitrogens with one attached hydrogen (secondary N) is 1. The smallest absolute Gasteiger partial charge is 0.338 e. The van der Waals surface area contributed by atoms with Crippen LogP contribution in [0.25, 0.3) is 0 Å². The highest BCUT2D eigenvalue weighted by Crippen LogP contribution is 2.26. The molecule has 0 aliphatic heterocycles. The molecule has 1 N–H and O–H groups in total. The van der Waals surface area contributed by atoms with Gasteiger partial charge in [0, 0.05) is 5.69 Å². The second-order valence-electron chi connectivity index (χ2n) is 5.99. The Morgan fingerprint density at radius 3 is 2.38 bits per heavy atom. The summed E-state index contributed by atoms with van der Waals surface area (Å²) in [5.74, 6) is -0.0558. The van der Waals surface area contributed by atoms with Crippen molar-refractivity contribution in [2.24, 2.45) is 0 Å². The average molecular weight is 420 g/mol. The van der Waals surface area contributed by atoms with Crippen LogP contribution >= 0.6 is 15.9 Å². The lowest BCUT2D eigenvalue weighted by atomic mass is 10.2. The molecular formula is C20H22BrNO4. The summed E-state index contributed by atoms with van der Waals surface area (Å²) in [6.45, 7) is 5.55. The van der Waals surface area contributed by atoms with Crippen LogP contribution in [-0.2, 0) is 16.0 Å². The van der Waals surface area contributed by atoms with E-state index in [0.29, 0.717) is 17.0 Å². The fraction of sp³-hybridized carbons (Fsp3) is 0.300. The van der Waals surface area contributed by atoms with Crippen LogP contribution in [0, 0.1) is 0 Å². The minimum atomic E-state index is -0.387. The number of ether oxygens (including phenoxy) is 2. The third-order valence-corrected chi connectivity index (χ3v) is 4.13. The van der Waals surface area contributed by atoms with Crippen molar-refractivity contribution in [1.82, 2.24) is 0 Å². The molecule has 0 aliphatic carbocycles. The molecule has 0 fully saturated rings. The van der Waals surface area contributed by atoms with E-state index in [1.54, 1.807) is 38.1 Å². The SMILES string of the molecule is CCc1ccc(OCC(=O)Nc2ccc(C(=O)OC(C)C)cc2)c(Br)c1. The molecule has 0 aliphatic rings. The minimum Gasteiger partial charge on any atom is -0.483 e. The van der Waals surface area contributed by atoms with Crippen LogP contribution in [0.3, 0.4) is 0 Å². The normalized spacial score (nSPS) is 10.5. The molecule has 0 aromatic heterocycles. The number of amides is 1. The lowest BCUT2D eigenvalue weighted by Gasteiger charge is -2.11. The third-order valence-electron chi connectivity index (χ3n) is 3.51. The molecule has 0 saturated carbocycles. The molecule has 2 rings (SSSR count). The molecule has 5 nitrogen and oxygen atoms in total. The number of carbonyl (C=O) groups excluding carboxylic acids is 2. The molecule has 0 radical (unpaired) electrons. The molecule has 6 heteroatoms. The van der Waals surface area contributed by atoms with Crippen molar-refractivity contribution in [3.8, 4) is 5.75 Å². The van der Waals surface area contributed by atoms with Gasteiger partial charge in [0.2, 0.25) is 0 Å². The van der Waals surface area contributed by atoms with Gasteiger partial charge in [0.1, 0.15) is 5.75 Å². The van der Waals surface area contributed by atoms with Gasteiger partial charge in [-0.05, 0) is 78.2 Å². The van der Waals surface area contributed by atoms with E-state index in [2.05, 4.69) is 28.2 Å². The van der Waals surface area contributed by atoms with Crippen molar-refractivity contribution >= 4 is 33.5 Å². The summed E-state index contributed by atoms with van der Waals surface area (Å²) in [5.41, 5.74) is 2.21. The van der Waals surface area contributed by atoms with Crippen LogP contribution in [0.1, 0.15) is 36.7 Å². The van der Waals surface area contributed by atoms with Crippen molar-refractivity contribution < 1.29 is 19.1 Å². The molecule has 2 aromatic carbocycles. The lowest BCUT2D eigenvalue weighted by molar-refractivity contribution is -0.118. The molecule has 0 unspecified atom stereocenters. The number of anilines is 1. The van der Waals surface area contributed by atoms with Gasteiger partial charge in [-0.2, -0.15) is 0 Å². The Hall–Kier alpha value is -2.34. The fourth-order valence-corrected chi connectivity index (χ4v) is 2.73. The van der Waals surface area contributed by atoms with Crippen molar-refractivity contribution in [2.45, 2.75) is 33.3 Å². The maximum Gasteiger partial charge on any atom is 0.338 e. The summed E-state index contributed by atoms with van der Waals surface area (Å²) in [6.07, 6.45) is 0.754. The van der Waals surface area contributed by atoms with Gasteiger partial charge in [-0.15, -0.1) is 0 Å². The highest BCUT2D eigenvalue weighted by atomic mass is 79.9. The first-order valence-electron chi connectivity index (χ1n) is 8.41. The zero-order valence-corrected chi connectivity index (χ0v) is 16.6. The molecular weight excluding hydrogens is 398 g/mol. The number of carbonyl (C=O) groups is 2. The summed E-state index contributed by atoms with van der Waals surface area (Å²) < 4.78 is 11.5. The first-order valence-corrected chi connectivity index (χ1v) is 9.20. The number of hydrogen-bond acceptors (Lipinski definition) is 4. The van der Waals surface area contributed by atoms with E-state index < -0.39 is 0 Å². The van der Waals surface area contributed by atoms with E-state index in [1.165, 1.54) is 5.56 Å². The van der Waals surface area contributed by atoms with Crippen LogP contribution in [0.2, 0.25) is 0 Å². The van der Waals surface area contributed by atoms with Crippen LogP contribution in [0.5, 0.6) is 5.75 Å². The second kappa shape index (κ2) is 9.38. The van der Waals surface area contributed by atoms with Gasteiger partial charge in [-0.3, -0.25) is 4.79 Å². The van der Waals surface area contributed by atoms with E-state index in [9.17, 15) is 9.59 Å². The van der Waals surface area contributed by atoms with Gasteiger partial charge in [-0.25, -0.2) is 4.79 Å². The Morgan fingerprint density at radius 2 is 1.81 bits per heavy atom. The van der Waals surface area contributed by atoms with Crippen molar-refractivity contribution in [3.63, 3.8) is 0 Å². The standard InChI is InChI=1S/C20H22BrNO4/c1-4-14-5-10-18(17(21)11-14)25-12-19(23)22-16-8-6-15(7-9-16)20(24)26-13(2)3/h5-11,13H,4,12H2,1-3H3,(H,22,23). The molecule has 0 heterocycles. The van der Waals surface area contributed by atoms with E-state index in [-0.39, 0.29) is 24.6 Å². The summed E-state index contributed by atoms with van der Waals surface area (Å²) in [6, 6.07) is 12.3. The van der Waals surface area contributed by atoms with Crippen molar-refractivity contribution in [3.05, 3.63) is 58.1 Å². The van der Waals surface area contributed by atoms with E-state index in [4.69, 9.17) is 9.47 Å². The molecule has 2 aromatic rings. The van der Waals surface area contributed by atoms with Crippen LogP contribution in [-0.4, -0.2) is 24.6 Å². The van der Waals surface area contributed by atoms with Crippen molar-refractivity contribution in [2.75, 3.05) is 11.9 Å². The topological polar surface area (TPSA) is 64.6 Å². The summed E-state index contributed by atoms with van der Waals surface area (Å²) in [5, 5.41) is 2.73. The minimum absolute atomic E-state index is 0.110. The predicted octanol–water partition coefficient (Wildman–Crippen LogP) is 4.59. The summed E-state index contributed by atoms with van der Waals surface area (Å²) in [4.78, 5) is 23.8. The maximum atomic E-state index is 12.0. The molecule has 0 atom stereocenters. The van der Waals surface area contributed by atoms with E-state index in [0.717, 1.165) is 10.9 Å². The van der Waals surface area contributed by atoms with Crippen LogP contribution < -0.4 is 10.1 Å². The number of rotatable bonds is 7. The Morgan fingerprint density at radius 1 is 1.12 bits per heavy atom. The monoisotopic (exact) mass is 419 g/mol. The number of aryl methyl sites for hydroxylation is 1. The fourth-order valence-electron chi connectivity index (χ4n) is 2.19. The molecule has 0 bridgehead atoms. The number of esters is 1. The largest absolute Gasteiger partial charge is 0.483 e. The van der Waals surface area contributed by atoms with Gasteiger partial charge in [0.25, 0.3) is 5.91 Å². The van der Waals surface area contributed by atoms with Gasteiger partial charge in [0.05, 0.1) is 16.1 Å². The molecule has 26 heavy (non-hydrogen) atoms. The van der Waals surface area contributed by atoms with Gasteiger partial charge < -0.3 is 14.8 Å². The van der Waals surface area contributed by atoms with Crippen LogP contribution in [0.4, 0.5) is 5.69 Å². The highest BCUT2D eigenvalue weighted by molar-refractivity contribution is 9.10. The molecule has 1 amide bonds. The third kappa shape index (κ3) is 5.88. The van der Waals surface area contributed by atoms with E-state index in [1.807, 2.05) is 18.2 Å². The number of benzene rings is 2. The lowest BCUT2D eigenvalue weighted by Crippen LogP contribution is -2.20. The highest BCUT2D eigenvalue weighted by Gasteiger charge is 2.10. The molecule has 138 valence electrons. The van der Waals surface area contributed by atoms with Crippen LogP contribution in [0.15, 0.2) is 46.9 Å². The first kappa shape index (κ1) is 20.0. The molecule has 0 spiro atoms. The van der Waals surface area contributed by atoms with Gasteiger partial charge in [-0.1, -0.05) is 13.0 Å². The Balaban J connectivity index is 1.88. The maximum absolute atomic E-state index is 12.0. The Bertz CT molecular complexity index is 772. The predicted molar refractivity (Wildman–Crippen MR) is 105 cm³/mol. The average Bonchev–Trinajstić information content (AvgIpc) is 2.60.